The Balaban J connectivity index is 1.06. The highest BCUT2D eigenvalue weighted by atomic mass is 15.1. The first kappa shape index (κ1) is 45.2. The fourth-order valence-corrected chi connectivity index (χ4v) is 11.6. The number of para-hydroxylation sites is 2. The molecule has 13 aromatic rings. The third-order valence-corrected chi connectivity index (χ3v) is 15.4. The Morgan fingerprint density at radius 3 is 1.47 bits per heavy atom. The number of benzene rings is 12. The van der Waals surface area contributed by atoms with Gasteiger partial charge in [-0.2, -0.15) is 0 Å². The SMILES string of the molecule is CC(C)(C)c1cc(-c2ccccc2)cc(-c2cccc(N(c3cccc(-c4cc(C(C)(C)C)ccc4-c4ccccc4)c3)c3ccc4ccc5c(-n6c7ccccc7c7ccccc76)ccc6ccc3c4c65)c2)c1. The number of aromatic nitrogens is 1. The highest BCUT2D eigenvalue weighted by molar-refractivity contribution is 6.27. The zero-order valence-electron chi connectivity index (χ0n) is 43.0. The zero-order valence-corrected chi connectivity index (χ0v) is 43.0. The topological polar surface area (TPSA) is 8.17 Å². The van der Waals surface area contributed by atoms with Crippen molar-refractivity contribution in [2.45, 2.75) is 52.4 Å². The molecule has 356 valence electrons. The first-order valence-corrected chi connectivity index (χ1v) is 26.1. The lowest BCUT2D eigenvalue weighted by Gasteiger charge is -2.29. The molecule has 0 saturated heterocycles. The third-order valence-electron chi connectivity index (χ3n) is 15.4. The zero-order chi connectivity index (χ0) is 50.3. The van der Waals surface area contributed by atoms with E-state index in [9.17, 15) is 0 Å². The van der Waals surface area contributed by atoms with E-state index in [1.807, 2.05) is 0 Å². The first-order valence-electron chi connectivity index (χ1n) is 26.1. The second-order valence-corrected chi connectivity index (χ2v) is 22.2. The predicted octanol–water partition coefficient (Wildman–Crippen LogP) is 20.4. The van der Waals surface area contributed by atoms with Gasteiger partial charge >= 0.3 is 0 Å². The summed E-state index contributed by atoms with van der Waals surface area (Å²) in [7, 11) is 0. The molecule has 12 aromatic carbocycles. The molecule has 0 amide bonds. The molecule has 0 unspecified atom stereocenters. The molecule has 0 aliphatic heterocycles. The van der Waals surface area contributed by atoms with Crippen LogP contribution in [0.3, 0.4) is 0 Å². The quantitative estimate of drug-likeness (QED) is 0.138. The van der Waals surface area contributed by atoms with Gasteiger partial charge in [0, 0.05) is 32.9 Å². The Morgan fingerprint density at radius 1 is 0.311 bits per heavy atom. The van der Waals surface area contributed by atoms with E-state index < -0.39 is 0 Å². The van der Waals surface area contributed by atoms with Crippen LogP contribution in [-0.2, 0) is 10.8 Å². The lowest BCUT2D eigenvalue weighted by atomic mass is 9.83. The van der Waals surface area contributed by atoms with Crippen LogP contribution in [0.4, 0.5) is 17.1 Å². The van der Waals surface area contributed by atoms with Gasteiger partial charge in [-0.05, 0) is 143 Å². The van der Waals surface area contributed by atoms with Crippen molar-refractivity contribution in [3.05, 3.63) is 254 Å². The van der Waals surface area contributed by atoms with Gasteiger partial charge in [0.15, 0.2) is 0 Å². The second-order valence-electron chi connectivity index (χ2n) is 22.2. The average molecular weight is 951 g/mol. The van der Waals surface area contributed by atoms with Crippen LogP contribution in [0.5, 0.6) is 0 Å². The highest BCUT2D eigenvalue weighted by Gasteiger charge is 2.24. The van der Waals surface area contributed by atoms with Crippen LogP contribution in [-0.4, -0.2) is 4.57 Å². The molecule has 0 aliphatic rings. The minimum Gasteiger partial charge on any atom is -0.310 e. The lowest BCUT2D eigenvalue weighted by Crippen LogP contribution is -2.12. The molecule has 0 aliphatic carbocycles. The maximum atomic E-state index is 2.51. The van der Waals surface area contributed by atoms with Crippen molar-refractivity contribution in [2.24, 2.45) is 0 Å². The minimum atomic E-state index is -0.0460. The van der Waals surface area contributed by atoms with E-state index in [4.69, 9.17) is 0 Å². The van der Waals surface area contributed by atoms with Crippen LogP contribution in [0.25, 0.3) is 104 Å². The average Bonchev–Trinajstić information content (AvgIpc) is 3.80. The Morgan fingerprint density at radius 2 is 0.824 bits per heavy atom. The second kappa shape index (κ2) is 17.5. The Labute approximate surface area is 434 Å². The van der Waals surface area contributed by atoms with Gasteiger partial charge in [0.1, 0.15) is 0 Å². The van der Waals surface area contributed by atoms with Crippen molar-refractivity contribution in [3.8, 4) is 50.2 Å². The lowest BCUT2D eigenvalue weighted by molar-refractivity contribution is 0.590. The first-order chi connectivity index (χ1) is 36.0. The summed E-state index contributed by atoms with van der Waals surface area (Å²) in [5, 5.41) is 9.97. The van der Waals surface area contributed by atoms with E-state index in [1.54, 1.807) is 0 Å². The summed E-state index contributed by atoms with van der Waals surface area (Å²) in [6, 6.07) is 90.6. The molecule has 13 rings (SSSR count). The van der Waals surface area contributed by atoms with Crippen LogP contribution in [0.2, 0.25) is 0 Å². The summed E-state index contributed by atoms with van der Waals surface area (Å²) in [4.78, 5) is 2.51. The van der Waals surface area contributed by atoms with Gasteiger partial charge in [-0.15, -0.1) is 0 Å². The molecule has 2 nitrogen and oxygen atoms in total. The molecule has 0 fully saturated rings. The van der Waals surface area contributed by atoms with E-state index >= 15 is 0 Å². The number of hydrogen-bond acceptors (Lipinski definition) is 1. The molecule has 74 heavy (non-hydrogen) atoms. The normalized spacial score (nSPS) is 12.2. The van der Waals surface area contributed by atoms with Crippen LogP contribution in [0.1, 0.15) is 52.7 Å². The molecule has 0 N–H and O–H groups in total. The van der Waals surface area contributed by atoms with Gasteiger partial charge in [0.2, 0.25) is 0 Å². The number of nitrogens with zero attached hydrogens (tertiary/aromatic N) is 2. The van der Waals surface area contributed by atoms with Crippen molar-refractivity contribution in [2.75, 3.05) is 4.90 Å². The van der Waals surface area contributed by atoms with E-state index in [-0.39, 0.29) is 10.8 Å². The van der Waals surface area contributed by atoms with E-state index in [0.29, 0.717) is 0 Å². The molecule has 0 saturated carbocycles. The van der Waals surface area contributed by atoms with Gasteiger partial charge in [0.05, 0.1) is 22.4 Å². The maximum Gasteiger partial charge on any atom is 0.0541 e. The summed E-state index contributed by atoms with van der Waals surface area (Å²) in [5.74, 6) is 0. The Bertz CT molecular complexity index is 4200. The van der Waals surface area contributed by atoms with Crippen molar-refractivity contribution in [3.63, 3.8) is 0 Å². The van der Waals surface area contributed by atoms with Gasteiger partial charge in [0.25, 0.3) is 0 Å². The van der Waals surface area contributed by atoms with E-state index in [2.05, 4.69) is 294 Å². The van der Waals surface area contributed by atoms with Crippen molar-refractivity contribution in [1.29, 1.82) is 0 Å². The van der Waals surface area contributed by atoms with Crippen LogP contribution in [0, 0.1) is 0 Å². The van der Waals surface area contributed by atoms with Gasteiger partial charge < -0.3 is 9.47 Å². The highest BCUT2D eigenvalue weighted by Crippen LogP contribution is 2.48. The monoisotopic (exact) mass is 950 g/mol. The van der Waals surface area contributed by atoms with Crippen LogP contribution < -0.4 is 4.90 Å². The standard InChI is InChI=1S/C72H58N2/c1-71(2,3)55-35-38-59(48-21-11-8-12-22-48)64(46-55)52-24-18-26-58(45-52)73(57-25-17-23-51(44-57)54-41-53(47-19-9-7-10-20-47)42-56(43-54)72(4,5)6)67-39-33-49-32-37-63-68(40-34-50-31-36-62(67)69(49)70(50)63)74-65-29-15-13-27-60(65)61-28-14-16-30-66(61)74/h7-46H,1-6H3. The molecular weight excluding hydrogens is 893 g/mol. The largest absolute Gasteiger partial charge is 0.310 e. The van der Waals surface area contributed by atoms with Crippen molar-refractivity contribution >= 4 is 71.2 Å². The maximum absolute atomic E-state index is 2.51. The number of fused-ring (bicyclic) bond motifs is 3. The summed E-state index contributed by atoms with van der Waals surface area (Å²) >= 11 is 0. The summed E-state index contributed by atoms with van der Waals surface area (Å²) < 4.78 is 2.47. The van der Waals surface area contributed by atoms with E-state index in [1.165, 1.54) is 115 Å². The van der Waals surface area contributed by atoms with Crippen LogP contribution in [0.15, 0.2) is 243 Å². The Kier molecular flexibility index (Phi) is 10.7. The molecule has 1 aromatic heterocycles. The molecule has 0 spiro atoms. The fourth-order valence-electron chi connectivity index (χ4n) is 11.6. The molecular formula is C72H58N2. The molecule has 2 heteroatoms. The summed E-state index contributed by atoms with van der Waals surface area (Å²) in [6.07, 6.45) is 0. The summed E-state index contributed by atoms with van der Waals surface area (Å²) in [6.45, 7) is 13.8. The molecule has 1 heterocycles. The number of rotatable bonds is 8. The smallest absolute Gasteiger partial charge is 0.0541 e. The number of anilines is 3. The van der Waals surface area contributed by atoms with E-state index in [0.717, 1.165) is 17.1 Å². The van der Waals surface area contributed by atoms with Gasteiger partial charge in [-0.25, -0.2) is 0 Å². The number of hydrogen-bond donors (Lipinski definition) is 0. The van der Waals surface area contributed by atoms with Gasteiger partial charge in [-0.1, -0.05) is 230 Å². The molecule has 0 atom stereocenters. The van der Waals surface area contributed by atoms with Crippen molar-refractivity contribution in [1.82, 2.24) is 4.57 Å². The summed E-state index contributed by atoms with van der Waals surface area (Å²) in [5.41, 5.74) is 19.1. The third kappa shape index (κ3) is 7.72. The predicted molar refractivity (Wildman–Crippen MR) is 318 cm³/mol. The van der Waals surface area contributed by atoms with Crippen molar-refractivity contribution < 1.29 is 0 Å². The minimum absolute atomic E-state index is 0.0259. The fraction of sp³-hybridized carbons (Fsp3) is 0.111. The molecule has 0 bridgehead atoms. The Hall–Kier alpha value is -8.72. The molecule has 0 radical (unpaired) electrons. The van der Waals surface area contributed by atoms with Gasteiger partial charge in [-0.3, -0.25) is 0 Å². The van der Waals surface area contributed by atoms with Crippen LogP contribution >= 0.6 is 0 Å².